The number of aliphatic hydroxyl groups excluding tert-OH is 1. The van der Waals surface area contributed by atoms with Gasteiger partial charge in [-0.15, -0.1) is 11.3 Å². The Bertz CT molecular complexity index is 1700. The third-order valence-electron chi connectivity index (χ3n) is 7.37. The fraction of sp³-hybridized carbons (Fsp3) is 0.207. The predicted octanol–water partition coefficient (Wildman–Crippen LogP) is 6.82. The van der Waals surface area contributed by atoms with Crippen molar-refractivity contribution >= 4 is 39.0 Å². The number of H-pyrrole nitrogens is 2. The van der Waals surface area contributed by atoms with Crippen molar-refractivity contribution in [1.29, 1.82) is 0 Å². The standard InChI is InChI=1S/C29H26N6OS/c36-29(17-4-1-2-5-17)32-20-12-19(15-30-16-20)18-7-8-24-23(13-18)27(35-34-24)25-14-22-21(26-6-3-11-37-26)9-10-31-28(22)33-25/h3,6-17,29,32,36H,1-2,4-5H2,(H,31,33)(H,34,35). The molecule has 1 aromatic carbocycles. The van der Waals surface area contributed by atoms with Gasteiger partial charge in [0.25, 0.3) is 0 Å². The van der Waals surface area contributed by atoms with Gasteiger partial charge in [-0.3, -0.25) is 10.1 Å². The topological polar surface area (TPSA) is 103 Å². The molecule has 0 radical (unpaired) electrons. The van der Waals surface area contributed by atoms with E-state index in [0.717, 1.165) is 63.0 Å². The molecule has 0 bridgehead atoms. The maximum Gasteiger partial charge on any atom is 0.138 e. The van der Waals surface area contributed by atoms with Crippen molar-refractivity contribution in [3.8, 4) is 33.0 Å². The van der Waals surface area contributed by atoms with Gasteiger partial charge in [0.2, 0.25) is 0 Å². The first-order chi connectivity index (χ1) is 18.2. The Hall–Kier alpha value is -4.01. The van der Waals surface area contributed by atoms with E-state index in [1.54, 1.807) is 17.5 Å². The Morgan fingerprint density at radius 2 is 1.92 bits per heavy atom. The van der Waals surface area contributed by atoms with Crippen LogP contribution in [0.5, 0.6) is 0 Å². The summed E-state index contributed by atoms with van der Waals surface area (Å²) < 4.78 is 0. The quantitative estimate of drug-likeness (QED) is 0.186. The Balaban J connectivity index is 1.24. The number of hydrogen-bond acceptors (Lipinski definition) is 6. The number of hydrogen-bond donors (Lipinski definition) is 4. The lowest BCUT2D eigenvalue weighted by Crippen LogP contribution is -2.26. The maximum atomic E-state index is 10.6. The van der Waals surface area contributed by atoms with Crippen LogP contribution in [-0.2, 0) is 0 Å². The van der Waals surface area contributed by atoms with Gasteiger partial charge < -0.3 is 15.4 Å². The minimum absolute atomic E-state index is 0.305. The molecule has 7 nitrogen and oxygen atoms in total. The van der Waals surface area contributed by atoms with E-state index < -0.39 is 6.23 Å². The van der Waals surface area contributed by atoms with Crippen LogP contribution in [-0.4, -0.2) is 36.5 Å². The van der Waals surface area contributed by atoms with E-state index in [4.69, 9.17) is 0 Å². The van der Waals surface area contributed by atoms with Crippen molar-refractivity contribution in [3.05, 3.63) is 72.5 Å². The van der Waals surface area contributed by atoms with Crippen LogP contribution in [0.1, 0.15) is 25.7 Å². The minimum atomic E-state index is -0.544. The Morgan fingerprint density at radius 3 is 2.78 bits per heavy atom. The van der Waals surface area contributed by atoms with Gasteiger partial charge >= 0.3 is 0 Å². The molecule has 5 aromatic heterocycles. The summed E-state index contributed by atoms with van der Waals surface area (Å²) in [4.78, 5) is 13.7. The SMILES string of the molecule is OC(Nc1cncc(-c2ccc3[nH]nc(-c4cc5c(-c6cccs6)ccnc5[nH]4)c3c2)c1)C1CCCC1. The molecule has 1 aliphatic rings. The lowest BCUT2D eigenvalue weighted by atomic mass is 10.0. The minimum Gasteiger partial charge on any atom is -0.374 e. The highest BCUT2D eigenvalue weighted by Crippen LogP contribution is 2.36. The average molecular weight is 507 g/mol. The summed E-state index contributed by atoms with van der Waals surface area (Å²) in [5.74, 6) is 0.305. The fourth-order valence-corrected chi connectivity index (χ4v) is 6.20. The van der Waals surface area contributed by atoms with Gasteiger partial charge in [0.15, 0.2) is 0 Å². The number of fused-ring (bicyclic) bond motifs is 2. The van der Waals surface area contributed by atoms with Gasteiger partial charge in [-0.1, -0.05) is 25.0 Å². The number of rotatable bonds is 6. The zero-order valence-corrected chi connectivity index (χ0v) is 20.9. The van der Waals surface area contributed by atoms with Gasteiger partial charge in [-0.25, -0.2) is 4.98 Å². The molecule has 0 amide bonds. The first-order valence-electron chi connectivity index (χ1n) is 12.6. The summed E-state index contributed by atoms with van der Waals surface area (Å²) in [5, 5.41) is 25.9. The van der Waals surface area contributed by atoms with Gasteiger partial charge in [0.05, 0.1) is 23.1 Å². The van der Waals surface area contributed by atoms with Crippen LogP contribution in [0.4, 0.5) is 5.69 Å². The van der Waals surface area contributed by atoms with E-state index in [0.29, 0.717) is 5.92 Å². The summed E-state index contributed by atoms with van der Waals surface area (Å²) in [5.41, 5.74) is 7.59. The molecule has 0 spiro atoms. The van der Waals surface area contributed by atoms with Crippen molar-refractivity contribution in [2.45, 2.75) is 31.9 Å². The predicted molar refractivity (Wildman–Crippen MR) is 149 cm³/mol. The number of pyridine rings is 2. The van der Waals surface area contributed by atoms with Crippen LogP contribution >= 0.6 is 11.3 Å². The molecule has 8 heteroatoms. The number of aromatic amines is 2. The second kappa shape index (κ2) is 9.14. The van der Waals surface area contributed by atoms with Crippen molar-refractivity contribution < 1.29 is 5.11 Å². The zero-order chi connectivity index (χ0) is 24.8. The number of aliphatic hydroxyl groups is 1. The van der Waals surface area contributed by atoms with Gasteiger partial charge in [-0.05, 0) is 60.2 Å². The molecule has 184 valence electrons. The van der Waals surface area contributed by atoms with Gasteiger partial charge in [0.1, 0.15) is 17.6 Å². The molecule has 1 aliphatic carbocycles. The average Bonchev–Trinajstić information content (AvgIpc) is 3.74. The van der Waals surface area contributed by atoms with E-state index in [9.17, 15) is 5.11 Å². The number of thiophene rings is 1. The first kappa shape index (κ1) is 22.2. The molecule has 37 heavy (non-hydrogen) atoms. The summed E-state index contributed by atoms with van der Waals surface area (Å²) in [6.07, 6.45) is 9.44. The van der Waals surface area contributed by atoms with E-state index in [-0.39, 0.29) is 0 Å². The number of nitrogens with zero attached hydrogens (tertiary/aromatic N) is 3. The van der Waals surface area contributed by atoms with E-state index in [1.165, 1.54) is 23.3 Å². The van der Waals surface area contributed by atoms with Crippen molar-refractivity contribution in [2.24, 2.45) is 5.92 Å². The van der Waals surface area contributed by atoms with E-state index >= 15 is 0 Å². The summed E-state index contributed by atoms with van der Waals surface area (Å²) in [7, 11) is 0. The normalized spacial score (nSPS) is 15.1. The molecule has 1 atom stereocenters. The van der Waals surface area contributed by atoms with E-state index in [2.05, 4.69) is 72.2 Å². The van der Waals surface area contributed by atoms with Crippen LogP contribution in [0.2, 0.25) is 0 Å². The highest BCUT2D eigenvalue weighted by atomic mass is 32.1. The smallest absolute Gasteiger partial charge is 0.138 e. The summed E-state index contributed by atoms with van der Waals surface area (Å²) in [6.45, 7) is 0. The first-order valence-corrected chi connectivity index (χ1v) is 13.5. The number of nitrogens with one attached hydrogen (secondary N) is 3. The second-order valence-corrected chi connectivity index (χ2v) is 10.7. The summed E-state index contributed by atoms with van der Waals surface area (Å²) >= 11 is 1.72. The van der Waals surface area contributed by atoms with Crippen LogP contribution in [0.3, 0.4) is 0 Å². The highest BCUT2D eigenvalue weighted by Gasteiger charge is 2.23. The Morgan fingerprint density at radius 1 is 1.00 bits per heavy atom. The molecule has 7 rings (SSSR count). The largest absolute Gasteiger partial charge is 0.374 e. The van der Waals surface area contributed by atoms with Crippen LogP contribution in [0.25, 0.3) is 54.9 Å². The lowest BCUT2D eigenvalue weighted by Gasteiger charge is -2.20. The van der Waals surface area contributed by atoms with Gasteiger partial charge in [0, 0.05) is 45.1 Å². The molecule has 1 fully saturated rings. The zero-order valence-electron chi connectivity index (χ0n) is 20.1. The van der Waals surface area contributed by atoms with Crippen molar-refractivity contribution in [1.82, 2.24) is 25.1 Å². The number of aromatic nitrogens is 5. The number of anilines is 1. The van der Waals surface area contributed by atoms with Crippen LogP contribution < -0.4 is 5.32 Å². The maximum absolute atomic E-state index is 10.6. The molecular weight excluding hydrogens is 480 g/mol. The van der Waals surface area contributed by atoms with Crippen molar-refractivity contribution in [2.75, 3.05) is 5.32 Å². The molecule has 1 unspecified atom stereocenters. The lowest BCUT2D eigenvalue weighted by molar-refractivity contribution is 0.137. The Kier molecular flexibility index (Phi) is 5.48. The third kappa shape index (κ3) is 4.08. The fourth-order valence-electron chi connectivity index (χ4n) is 5.44. The molecule has 0 saturated heterocycles. The molecule has 1 saturated carbocycles. The van der Waals surface area contributed by atoms with E-state index in [1.807, 2.05) is 24.5 Å². The van der Waals surface area contributed by atoms with Gasteiger partial charge in [-0.2, -0.15) is 5.10 Å². The van der Waals surface area contributed by atoms with Crippen LogP contribution in [0.15, 0.2) is 72.5 Å². The molecular formula is C29H26N6OS. The second-order valence-electron chi connectivity index (χ2n) is 9.71. The van der Waals surface area contributed by atoms with Crippen LogP contribution in [0, 0.1) is 5.92 Å². The molecule has 4 N–H and O–H groups in total. The third-order valence-corrected chi connectivity index (χ3v) is 8.27. The molecule has 5 heterocycles. The number of benzene rings is 1. The summed E-state index contributed by atoms with van der Waals surface area (Å²) in [6, 6.07) is 16.7. The monoisotopic (exact) mass is 506 g/mol. The highest BCUT2D eigenvalue weighted by molar-refractivity contribution is 7.13. The molecule has 6 aromatic rings. The Labute approximate surface area is 217 Å². The van der Waals surface area contributed by atoms with Crippen molar-refractivity contribution in [3.63, 3.8) is 0 Å². The molecule has 0 aliphatic heterocycles.